The molecule has 38 heavy (non-hydrogen) atoms. The number of hydrogen-bond donors (Lipinski definition) is 4. The minimum absolute atomic E-state index is 0.0808. The summed E-state index contributed by atoms with van der Waals surface area (Å²) in [6, 6.07) is -0.483. The van der Waals surface area contributed by atoms with Gasteiger partial charge in [-0.2, -0.15) is 0 Å². The van der Waals surface area contributed by atoms with Crippen molar-refractivity contribution in [3.8, 4) is 0 Å². The molecule has 0 rings (SSSR count). The Bertz CT molecular complexity index is 724. The van der Waals surface area contributed by atoms with Gasteiger partial charge < -0.3 is 35.5 Å². The van der Waals surface area contributed by atoms with Crippen molar-refractivity contribution in [1.29, 1.82) is 0 Å². The van der Waals surface area contributed by atoms with Crippen molar-refractivity contribution in [3.05, 3.63) is 0 Å². The van der Waals surface area contributed by atoms with Crippen LogP contribution in [0.4, 0.5) is 0 Å². The highest BCUT2D eigenvalue weighted by atomic mass is 16.5. The summed E-state index contributed by atoms with van der Waals surface area (Å²) in [7, 11) is 1.69. The molecule has 0 bridgehead atoms. The molecule has 0 spiro atoms. The maximum Gasteiger partial charge on any atom is 0.237 e. The Kier molecular flexibility index (Phi) is 17.3. The molecule has 0 aliphatic rings. The van der Waals surface area contributed by atoms with E-state index in [0.29, 0.717) is 71.7 Å². The van der Waals surface area contributed by atoms with Gasteiger partial charge in [0.25, 0.3) is 0 Å². The van der Waals surface area contributed by atoms with E-state index in [9.17, 15) is 19.2 Å². The highest BCUT2D eigenvalue weighted by Gasteiger charge is 2.24. The van der Waals surface area contributed by atoms with Gasteiger partial charge >= 0.3 is 0 Å². The smallest absolute Gasteiger partial charge is 0.237 e. The third-order valence-electron chi connectivity index (χ3n) is 6.05. The first kappa shape index (κ1) is 36.0. The number of nitrogens with one attached hydrogen (secondary N) is 4. The number of likely N-dealkylation sites (N-methyl/N-ethyl adjacent to an activating group) is 1. The second-order valence-electron chi connectivity index (χ2n) is 12.3. The molecule has 0 aromatic heterocycles. The average Bonchev–Trinajstić information content (AvgIpc) is 2.83. The van der Waals surface area contributed by atoms with Crippen LogP contribution in [0.3, 0.4) is 0 Å². The summed E-state index contributed by atoms with van der Waals surface area (Å²) in [6.45, 7) is 17.5. The average molecular weight is 543 g/mol. The Balaban J connectivity index is 4.19. The van der Waals surface area contributed by atoms with E-state index in [1.807, 2.05) is 48.5 Å². The maximum atomic E-state index is 12.5. The van der Waals surface area contributed by atoms with Gasteiger partial charge in [-0.1, -0.05) is 41.5 Å². The Morgan fingerprint density at radius 2 is 1.32 bits per heavy atom. The van der Waals surface area contributed by atoms with Crippen molar-refractivity contribution in [3.63, 3.8) is 0 Å². The predicted octanol–water partition coefficient (Wildman–Crippen LogP) is 2.20. The molecular formula is C28H54N4O6. The summed E-state index contributed by atoms with van der Waals surface area (Å²) in [6.07, 6.45) is 2.78. The monoisotopic (exact) mass is 542 g/mol. The molecular weight excluding hydrogens is 488 g/mol. The van der Waals surface area contributed by atoms with Gasteiger partial charge in [-0.15, -0.1) is 0 Å². The molecule has 0 fully saturated rings. The summed E-state index contributed by atoms with van der Waals surface area (Å²) < 4.78 is 11.2. The molecule has 222 valence electrons. The van der Waals surface area contributed by atoms with Crippen molar-refractivity contribution >= 4 is 24.0 Å². The van der Waals surface area contributed by atoms with Crippen LogP contribution in [0, 0.1) is 16.2 Å². The molecule has 0 radical (unpaired) electrons. The zero-order valence-corrected chi connectivity index (χ0v) is 25.1. The number of amides is 3. The first-order chi connectivity index (χ1) is 17.7. The molecule has 10 nitrogen and oxygen atoms in total. The molecule has 1 unspecified atom stereocenters. The van der Waals surface area contributed by atoms with Crippen LogP contribution in [0.5, 0.6) is 0 Å². The molecule has 0 saturated heterocycles. The van der Waals surface area contributed by atoms with Crippen LogP contribution < -0.4 is 21.3 Å². The third-order valence-corrected chi connectivity index (χ3v) is 6.05. The number of carbonyl (C=O) groups is 4. The van der Waals surface area contributed by atoms with E-state index in [1.54, 1.807) is 7.05 Å². The molecule has 0 saturated carbocycles. The van der Waals surface area contributed by atoms with E-state index in [4.69, 9.17) is 9.47 Å². The maximum absolute atomic E-state index is 12.5. The fourth-order valence-corrected chi connectivity index (χ4v) is 3.49. The Morgan fingerprint density at radius 3 is 1.84 bits per heavy atom. The summed E-state index contributed by atoms with van der Waals surface area (Å²) >= 11 is 0. The van der Waals surface area contributed by atoms with Crippen molar-refractivity contribution in [1.82, 2.24) is 21.3 Å². The van der Waals surface area contributed by atoms with E-state index in [2.05, 4.69) is 21.3 Å². The van der Waals surface area contributed by atoms with Gasteiger partial charge in [0.1, 0.15) is 6.29 Å². The minimum atomic E-state index is -0.483. The summed E-state index contributed by atoms with van der Waals surface area (Å²) in [5.74, 6) is -0.367. The number of carbonyl (C=O) groups excluding carboxylic acids is 4. The number of hydrogen-bond acceptors (Lipinski definition) is 7. The van der Waals surface area contributed by atoms with Gasteiger partial charge in [0.05, 0.1) is 25.9 Å². The van der Waals surface area contributed by atoms with Crippen LogP contribution >= 0.6 is 0 Å². The summed E-state index contributed by atoms with van der Waals surface area (Å²) in [4.78, 5) is 47.7. The van der Waals surface area contributed by atoms with Crippen LogP contribution in [0.1, 0.15) is 80.6 Å². The van der Waals surface area contributed by atoms with Crippen molar-refractivity contribution in [2.24, 2.45) is 16.2 Å². The second kappa shape index (κ2) is 18.3. The third kappa shape index (κ3) is 18.3. The fourth-order valence-electron chi connectivity index (χ4n) is 3.49. The van der Waals surface area contributed by atoms with Gasteiger partial charge in [0, 0.05) is 56.3 Å². The van der Waals surface area contributed by atoms with Gasteiger partial charge in [0.15, 0.2) is 0 Å². The first-order valence-corrected chi connectivity index (χ1v) is 13.7. The zero-order chi connectivity index (χ0) is 29.2. The van der Waals surface area contributed by atoms with Crippen LogP contribution in [0.2, 0.25) is 0 Å². The highest BCUT2D eigenvalue weighted by molar-refractivity contribution is 5.83. The van der Waals surface area contributed by atoms with E-state index in [1.165, 1.54) is 0 Å². The lowest BCUT2D eigenvalue weighted by atomic mass is 9.90. The van der Waals surface area contributed by atoms with E-state index in [0.717, 1.165) is 6.29 Å². The number of aldehydes is 1. The fraction of sp³-hybridized carbons (Fsp3) is 0.857. The number of ether oxygens (including phenoxy) is 2. The van der Waals surface area contributed by atoms with Crippen LogP contribution in [0.25, 0.3) is 0 Å². The quantitative estimate of drug-likeness (QED) is 0.122. The van der Waals surface area contributed by atoms with E-state index < -0.39 is 6.04 Å². The van der Waals surface area contributed by atoms with E-state index in [-0.39, 0.29) is 40.4 Å². The van der Waals surface area contributed by atoms with Gasteiger partial charge in [-0.25, -0.2) is 0 Å². The van der Waals surface area contributed by atoms with Crippen molar-refractivity contribution in [2.75, 3.05) is 53.1 Å². The molecule has 0 aliphatic carbocycles. The summed E-state index contributed by atoms with van der Waals surface area (Å²) in [5.41, 5.74) is -0.603. The highest BCUT2D eigenvalue weighted by Crippen LogP contribution is 2.21. The molecule has 10 heteroatoms. The van der Waals surface area contributed by atoms with Crippen molar-refractivity contribution < 1.29 is 28.7 Å². The Morgan fingerprint density at radius 1 is 0.789 bits per heavy atom. The van der Waals surface area contributed by atoms with Crippen molar-refractivity contribution in [2.45, 2.75) is 86.6 Å². The largest absolute Gasteiger partial charge is 0.381 e. The Labute approximate surface area is 230 Å². The molecule has 1 atom stereocenters. The van der Waals surface area contributed by atoms with Crippen LogP contribution in [0.15, 0.2) is 0 Å². The molecule has 0 aromatic carbocycles. The lowest BCUT2D eigenvalue weighted by Crippen LogP contribution is -2.44. The molecule has 4 N–H and O–H groups in total. The van der Waals surface area contributed by atoms with Crippen LogP contribution in [-0.2, 0) is 28.7 Å². The Hall–Kier alpha value is -2.04. The first-order valence-electron chi connectivity index (χ1n) is 13.7. The number of rotatable bonds is 22. The lowest BCUT2D eigenvalue weighted by Gasteiger charge is -2.28. The molecule has 0 heterocycles. The standard InChI is InChI=1S/C28H54N4O6/c1-9-37-20-27(4,5)17-32-24(35)13-12-22(29-8)25(36)30-15-10-11-23(34)31-18-28(6,7)21-38-19-26(2,3)14-16-33/h16,22,29H,9-15,17-21H2,1-8H3,(H,30,36)(H,31,34)(H,32,35). The molecule has 0 aliphatic heterocycles. The lowest BCUT2D eigenvalue weighted by molar-refractivity contribution is -0.125. The van der Waals surface area contributed by atoms with Gasteiger partial charge in [-0.3, -0.25) is 14.4 Å². The normalized spacial score (nSPS) is 13.1. The topological polar surface area (TPSA) is 135 Å². The van der Waals surface area contributed by atoms with Gasteiger partial charge in [-0.05, 0) is 32.2 Å². The van der Waals surface area contributed by atoms with Gasteiger partial charge in [0.2, 0.25) is 17.7 Å². The zero-order valence-electron chi connectivity index (χ0n) is 25.1. The predicted molar refractivity (Wildman–Crippen MR) is 150 cm³/mol. The molecule has 0 aromatic rings. The van der Waals surface area contributed by atoms with Crippen LogP contribution in [-0.4, -0.2) is 83.2 Å². The summed E-state index contributed by atoms with van der Waals surface area (Å²) in [5, 5.41) is 11.6. The second-order valence-corrected chi connectivity index (χ2v) is 12.3. The SMILES string of the molecule is CCOCC(C)(C)CNC(=O)CCC(NC)C(=O)NCCCC(=O)NCC(C)(C)COCC(C)(C)CC=O. The minimum Gasteiger partial charge on any atom is -0.381 e. The van der Waals surface area contributed by atoms with E-state index >= 15 is 0 Å². The molecule has 3 amide bonds.